The molecule has 16 heavy (non-hydrogen) atoms. The second-order valence-electron chi connectivity index (χ2n) is 3.69. The number of nitrogens with zero attached hydrogens (tertiary/aromatic N) is 1. The summed E-state index contributed by atoms with van der Waals surface area (Å²) < 4.78 is 12.7. The average molecular weight is 219 g/mol. The first-order valence-corrected chi connectivity index (χ1v) is 5.23. The molecule has 1 unspecified atom stereocenters. The van der Waals surface area contributed by atoms with Crippen molar-refractivity contribution in [3.05, 3.63) is 53.9 Å². The van der Waals surface area contributed by atoms with Gasteiger partial charge in [0.2, 0.25) is 0 Å². The predicted octanol–water partition coefficient (Wildman–Crippen LogP) is 2.40. The molecule has 2 aromatic rings. The lowest BCUT2D eigenvalue weighted by molar-refractivity contribution is 0.559. The molecule has 0 aliphatic rings. The van der Waals surface area contributed by atoms with E-state index in [0.29, 0.717) is 6.54 Å². The summed E-state index contributed by atoms with van der Waals surface area (Å²) in [6.45, 7) is 2.71. The monoisotopic (exact) mass is 219 g/mol. The third-order valence-electron chi connectivity index (χ3n) is 2.50. The second kappa shape index (κ2) is 4.90. The van der Waals surface area contributed by atoms with Gasteiger partial charge in [-0.2, -0.15) is 0 Å². The molecule has 0 bridgehead atoms. The molecule has 2 rings (SSSR count). The highest BCUT2D eigenvalue weighted by Gasteiger charge is 2.05. The van der Waals surface area contributed by atoms with Crippen LogP contribution >= 0.6 is 0 Å². The normalized spacial score (nSPS) is 12.6. The minimum atomic E-state index is -0.206. The molecule has 0 saturated heterocycles. The Balaban J connectivity index is 1.93. The van der Waals surface area contributed by atoms with Crippen LogP contribution in [0.25, 0.3) is 0 Å². The third kappa shape index (κ3) is 2.67. The zero-order valence-electron chi connectivity index (χ0n) is 9.07. The lowest BCUT2D eigenvalue weighted by atomic mass is 10.1. The lowest BCUT2D eigenvalue weighted by Crippen LogP contribution is -2.18. The average Bonchev–Trinajstić information content (AvgIpc) is 2.80. The standard InChI is InChI=1S/C12H14FN3/c1-9(10-2-4-11(13)5-3-10)16-8-12-14-6-7-15-12/h2-7,9,16H,8H2,1H3,(H,14,15). The van der Waals surface area contributed by atoms with Gasteiger partial charge in [-0.25, -0.2) is 9.37 Å². The van der Waals surface area contributed by atoms with E-state index in [0.717, 1.165) is 11.4 Å². The third-order valence-corrected chi connectivity index (χ3v) is 2.50. The molecule has 0 radical (unpaired) electrons. The topological polar surface area (TPSA) is 40.7 Å². The number of hydrogen-bond donors (Lipinski definition) is 2. The van der Waals surface area contributed by atoms with Crippen LogP contribution in [0.15, 0.2) is 36.7 Å². The fraction of sp³-hybridized carbons (Fsp3) is 0.250. The van der Waals surface area contributed by atoms with Crippen molar-refractivity contribution >= 4 is 0 Å². The summed E-state index contributed by atoms with van der Waals surface area (Å²) in [6.07, 6.45) is 3.51. The van der Waals surface area contributed by atoms with Gasteiger partial charge in [-0.05, 0) is 24.6 Å². The van der Waals surface area contributed by atoms with Crippen LogP contribution in [0.3, 0.4) is 0 Å². The SMILES string of the molecule is CC(NCc1ncc[nH]1)c1ccc(F)cc1. The van der Waals surface area contributed by atoms with Crippen molar-refractivity contribution in [3.63, 3.8) is 0 Å². The van der Waals surface area contributed by atoms with E-state index in [1.807, 2.05) is 6.92 Å². The van der Waals surface area contributed by atoms with Crippen molar-refractivity contribution in [3.8, 4) is 0 Å². The summed E-state index contributed by atoms with van der Waals surface area (Å²) in [5.41, 5.74) is 1.06. The first-order valence-electron chi connectivity index (χ1n) is 5.23. The molecule has 1 aromatic carbocycles. The Morgan fingerprint density at radius 1 is 1.38 bits per heavy atom. The summed E-state index contributed by atoms with van der Waals surface area (Å²) in [7, 11) is 0. The Morgan fingerprint density at radius 2 is 2.12 bits per heavy atom. The highest BCUT2D eigenvalue weighted by atomic mass is 19.1. The summed E-state index contributed by atoms with van der Waals surface area (Å²) in [6, 6.07) is 6.69. The Bertz CT molecular complexity index is 422. The molecular weight excluding hydrogens is 205 g/mol. The molecule has 84 valence electrons. The largest absolute Gasteiger partial charge is 0.348 e. The van der Waals surface area contributed by atoms with Crippen molar-refractivity contribution in [2.45, 2.75) is 19.5 Å². The smallest absolute Gasteiger partial charge is 0.123 e. The fourth-order valence-electron chi connectivity index (χ4n) is 1.51. The first-order chi connectivity index (χ1) is 7.75. The van der Waals surface area contributed by atoms with Crippen molar-refractivity contribution in [2.75, 3.05) is 0 Å². The molecule has 0 spiro atoms. The van der Waals surface area contributed by atoms with Gasteiger partial charge in [-0.15, -0.1) is 0 Å². The van der Waals surface area contributed by atoms with E-state index in [1.165, 1.54) is 12.1 Å². The summed E-state index contributed by atoms with van der Waals surface area (Å²) in [4.78, 5) is 7.14. The van der Waals surface area contributed by atoms with Crippen LogP contribution in [-0.2, 0) is 6.54 Å². The number of aromatic nitrogens is 2. The molecule has 1 aromatic heterocycles. The van der Waals surface area contributed by atoms with Gasteiger partial charge in [0.25, 0.3) is 0 Å². The van der Waals surface area contributed by atoms with Gasteiger partial charge in [-0.3, -0.25) is 0 Å². The molecule has 0 saturated carbocycles. The molecule has 0 aliphatic carbocycles. The van der Waals surface area contributed by atoms with Crippen LogP contribution in [-0.4, -0.2) is 9.97 Å². The van der Waals surface area contributed by atoms with Gasteiger partial charge < -0.3 is 10.3 Å². The van der Waals surface area contributed by atoms with Gasteiger partial charge >= 0.3 is 0 Å². The maximum Gasteiger partial charge on any atom is 0.123 e. The van der Waals surface area contributed by atoms with E-state index in [2.05, 4.69) is 15.3 Å². The second-order valence-corrected chi connectivity index (χ2v) is 3.69. The van der Waals surface area contributed by atoms with Crippen molar-refractivity contribution in [1.82, 2.24) is 15.3 Å². The van der Waals surface area contributed by atoms with Gasteiger partial charge in [0.05, 0.1) is 6.54 Å². The van der Waals surface area contributed by atoms with Crippen LogP contribution in [0, 0.1) is 5.82 Å². The summed E-state index contributed by atoms with van der Waals surface area (Å²) in [5.74, 6) is 0.691. The van der Waals surface area contributed by atoms with E-state index < -0.39 is 0 Å². The number of hydrogen-bond acceptors (Lipinski definition) is 2. The molecule has 1 heterocycles. The van der Waals surface area contributed by atoms with E-state index in [1.54, 1.807) is 24.5 Å². The molecule has 3 nitrogen and oxygen atoms in total. The zero-order valence-corrected chi connectivity index (χ0v) is 9.07. The number of aromatic amines is 1. The highest BCUT2D eigenvalue weighted by molar-refractivity contribution is 5.19. The number of rotatable bonds is 4. The Kier molecular flexibility index (Phi) is 3.31. The molecule has 2 N–H and O–H groups in total. The number of nitrogens with one attached hydrogen (secondary N) is 2. The molecular formula is C12H14FN3. The Morgan fingerprint density at radius 3 is 2.75 bits per heavy atom. The molecule has 0 amide bonds. The quantitative estimate of drug-likeness (QED) is 0.829. The highest BCUT2D eigenvalue weighted by Crippen LogP contribution is 2.12. The van der Waals surface area contributed by atoms with Gasteiger partial charge in [0, 0.05) is 18.4 Å². The molecule has 0 fully saturated rings. The first kappa shape index (κ1) is 10.8. The maximum atomic E-state index is 12.7. The zero-order chi connectivity index (χ0) is 11.4. The van der Waals surface area contributed by atoms with Gasteiger partial charge in [0.15, 0.2) is 0 Å². The minimum absolute atomic E-state index is 0.172. The number of benzene rings is 1. The van der Waals surface area contributed by atoms with Crippen LogP contribution in [0.5, 0.6) is 0 Å². The maximum absolute atomic E-state index is 12.7. The van der Waals surface area contributed by atoms with Crippen molar-refractivity contribution < 1.29 is 4.39 Å². The summed E-state index contributed by atoms with van der Waals surface area (Å²) >= 11 is 0. The van der Waals surface area contributed by atoms with Crippen LogP contribution in [0.4, 0.5) is 4.39 Å². The minimum Gasteiger partial charge on any atom is -0.348 e. The van der Waals surface area contributed by atoms with Crippen LogP contribution in [0.1, 0.15) is 24.4 Å². The Labute approximate surface area is 93.7 Å². The van der Waals surface area contributed by atoms with E-state index >= 15 is 0 Å². The van der Waals surface area contributed by atoms with E-state index in [4.69, 9.17) is 0 Å². The van der Waals surface area contributed by atoms with Crippen LogP contribution < -0.4 is 5.32 Å². The van der Waals surface area contributed by atoms with Gasteiger partial charge in [-0.1, -0.05) is 12.1 Å². The fourth-order valence-corrected chi connectivity index (χ4v) is 1.51. The molecule has 0 aliphatic heterocycles. The Hall–Kier alpha value is -1.68. The summed E-state index contributed by atoms with van der Waals surface area (Å²) in [5, 5.41) is 3.30. The van der Waals surface area contributed by atoms with Gasteiger partial charge in [0.1, 0.15) is 11.6 Å². The predicted molar refractivity (Wildman–Crippen MR) is 60.2 cm³/mol. The molecule has 4 heteroatoms. The molecule has 1 atom stereocenters. The van der Waals surface area contributed by atoms with E-state index in [-0.39, 0.29) is 11.9 Å². The van der Waals surface area contributed by atoms with Crippen LogP contribution in [0.2, 0.25) is 0 Å². The number of imidazole rings is 1. The number of halogens is 1. The van der Waals surface area contributed by atoms with Crippen molar-refractivity contribution in [2.24, 2.45) is 0 Å². The van der Waals surface area contributed by atoms with Crippen molar-refractivity contribution in [1.29, 1.82) is 0 Å². The lowest BCUT2D eigenvalue weighted by Gasteiger charge is -2.13. The van der Waals surface area contributed by atoms with E-state index in [9.17, 15) is 4.39 Å². The number of H-pyrrole nitrogens is 1.